The van der Waals surface area contributed by atoms with Crippen molar-refractivity contribution in [2.75, 3.05) is 45.7 Å². The first-order valence-electron chi connectivity index (χ1n) is 19.7. The molecular formula is C43H67N5O4. The Balaban J connectivity index is 1.49. The van der Waals surface area contributed by atoms with Crippen molar-refractivity contribution in [1.29, 1.82) is 0 Å². The van der Waals surface area contributed by atoms with Crippen LogP contribution in [0.25, 0.3) is 11.1 Å². The van der Waals surface area contributed by atoms with Crippen LogP contribution < -0.4 is 15.5 Å². The van der Waals surface area contributed by atoms with E-state index in [1.54, 1.807) is 7.05 Å². The number of nitrogens with one attached hydrogen (secondary N) is 2. The van der Waals surface area contributed by atoms with E-state index in [4.69, 9.17) is 4.84 Å². The molecule has 1 heterocycles. The zero-order valence-electron chi connectivity index (χ0n) is 34.0. The lowest BCUT2D eigenvalue weighted by Gasteiger charge is -2.62. The van der Waals surface area contributed by atoms with Crippen molar-refractivity contribution in [3.63, 3.8) is 0 Å². The summed E-state index contributed by atoms with van der Waals surface area (Å²) in [5, 5.41) is 19.6. The smallest absolute Gasteiger partial charge is 0.251 e. The summed E-state index contributed by atoms with van der Waals surface area (Å²) in [5.41, 5.74) is 5.93. The maximum absolute atomic E-state index is 14.6. The highest BCUT2D eigenvalue weighted by Gasteiger charge is 2.57. The minimum atomic E-state index is -0.744. The molecular weight excluding hydrogens is 651 g/mol. The van der Waals surface area contributed by atoms with Crippen LogP contribution in [0.5, 0.6) is 0 Å². The van der Waals surface area contributed by atoms with Crippen LogP contribution in [0, 0.1) is 47.8 Å². The van der Waals surface area contributed by atoms with Crippen molar-refractivity contribution in [3.8, 4) is 11.1 Å². The molecule has 4 fully saturated rings. The lowest BCUT2D eigenvalue weighted by atomic mass is 9.45. The van der Waals surface area contributed by atoms with Gasteiger partial charge in [-0.15, -0.1) is 0 Å². The number of hydrogen-bond acceptors (Lipinski definition) is 7. The van der Waals surface area contributed by atoms with Crippen molar-refractivity contribution < 1.29 is 19.5 Å². The van der Waals surface area contributed by atoms with Crippen molar-refractivity contribution >= 4 is 17.5 Å². The van der Waals surface area contributed by atoms with E-state index in [0.717, 1.165) is 47.5 Å². The molecule has 3 saturated carbocycles. The minimum Gasteiger partial charge on any atom is -0.393 e. The third kappa shape index (κ3) is 8.38. The summed E-state index contributed by atoms with van der Waals surface area (Å²) in [5.74, 6) is 1.99. The second-order valence-corrected chi connectivity index (χ2v) is 17.9. The number of benzene rings is 2. The molecule has 9 heteroatoms. The Hall–Kier alpha value is -2.98. The van der Waals surface area contributed by atoms with Gasteiger partial charge in [-0.2, -0.15) is 5.06 Å². The molecule has 1 aliphatic heterocycles. The van der Waals surface area contributed by atoms with E-state index in [1.165, 1.54) is 6.42 Å². The normalized spacial score (nSPS) is 27.5. The molecule has 0 unspecified atom stereocenters. The summed E-state index contributed by atoms with van der Waals surface area (Å²) in [6.45, 7) is 22.8. The van der Waals surface area contributed by atoms with Gasteiger partial charge < -0.3 is 25.5 Å². The van der Waals surface area contributed by atoms with Crippen LogP contribution in [0.2, 0.25) is 0 Å². The van der Waals surface area contributed by atoms with Gasteiger partial charge >= 0.3 is 0 Å². The number of rotatable bonds is 14. The number of nitrogens with zero attached hydrogens (tertiary/aromatic N) is 3. The molecule has 0 aromatic heterocycles. The van der Waals surface area contributed by atoms with Crippen LogP contribution in [0.1, 0.15) is 89.7 Å². The second-order valence-electron chi connectivity index (χ2n) is 17.9. The number of hydroxylamine groups is 2. The number of aliphatic hydroxyl groups is 1. The minimum absolute atomic E-state index is 0.0497. The molecule has 3 N–H and O–H groups in total. The predicted octanol–water partition coefficient (Wildman–Crippen LogP) is 6.37. The van der Waals surface area contributed by atoms with Gasteiger partial charge in [0.05, 0.1) is 18.8 Å². The molecule has 2 aromatic carbocycles. The first-order chi connectivity index (χ1) is 24.4. The highest BCUT2D eigenvalue weighted by molar-refractivity contribution is 5.96. The molecule has 52 heavy (non-hydrogen) atoms. The third-order valence-corrected chi connectivity index (χ3v) is 12.6. The fraction of sp³-hybridized carbons (Fsp3) is 0.674. The largest absolute Gasteiger partial charge is 0.393 e. The molecule has 2 aromatic rings. The summed E-state index contributed by atoms with van der Waals surface area (Å²) in [6.07, 6.45) is 1.15. The van der Waals surface area contributed by atoms with Gasteiger partial charge in [-0.05, 0) is 102 Å². The second kappa shape index (κ2) is 16.2. The highest BCUT2D eigenvalue weighted by atomic mass is 16.7. The lowest BCUT2D eigenvalue weighted by Crippen LogP contribution is -2.62. The van der Waals surface area contributed by atoms with Crippen LogP contribution in [0.3, 0.4) is 0 Å². The average Bonchev–Trinajstić information content (AvgIpc) is 3.42. The van der Waals surface area contributed by atoms with Gasteiger partial charge in [0.15, 0.2) is 0 Å². The van der Waals surface area contributed by atoms with Crippen molar-refractivity contribution in [2.24, 2.45) is 40.9 Å². The van der Waals surface area contributed by atoms with Gasteiger partial charge in [-0.1, -0.05) is 66.7 Å². The summed E-state index contributed by atoms with van der Waals surface area (Å²) < 4.78 is 0. The van der Waals surface area contributed by atoms with Gasteiger partial charge in [-0.25, -0.2) is 0 Å². The van der Waals surface area contributed by atoms with Crippen LogP contribution in [-0.4, -0.2) is 92.0 Å². The Kier molecular flexibility index (Phi) is 12.5. The number of amides is 2. The number of anilines is 1. The maximum Gasteiger partial charge on any atom is 0.251 e. The Labute approximate surface area is 313 Å². The Bertz CT molecular complexity index is 1560. The Morgan fingerprint density at radius 3 is 2.27 bits per heavy atom. The van der Waals surface area contributed by atoms with E-state index >= 15 is 0 Å². The fourth-order valence-electron chi connectivity index (χ4n) is 9.63. The fourth-order valence-corrected chi connectivity index (χ4v) is 9.63. The molecule has 2 amide bonds. The SMILES string of the molecule is CNC(=O)c1cc(-c2cccc(CN3O[C@@H](CN(CC(C)C)CC(C)C)[C@@H]([C@H](C)O)[C@H]3C(=O)N[C@H]3C[C@H]4C[C@@H]([C@@H]3C)C4(C)C)c2C)cc(N(C)C)c1. The third-order valence-electron chi connectivity index (χ3n) is 12.6. The average molecular weight is 718 g/mol. The van der Waals surface area contributed by atoms with Gasteiger partial charge in [0.2, 0.25) is 5.91 Å². The molecule has 0 spiro atoms. The summed E-state index contributed by atoms with van der Waals surface area (Å²) >= 11 is 0. The van der Waals surface area contributed by atoms with E-state index in [9.17, 15) is 14.7 Å². The predicted molar refractivity (Wildman–Crippen MR) is 211 cm³/mol. The van der Waals surface area contributed by atoms with Crippen LogP contribution >= 0.6 is 0 Å². The first-order valence-corrected chi connectivity index (χ1v) is 19.7. The zero-order valence-corrected chi connectivity index (χ0v) is 34.0. The molecule has 6 rings (SSSR count). The number of carbonyl (C=O) groups excluding carboxylic acids is 2. The van der Waals surface area contributed by atoms with Gasteiger partial charge in [0.25, 0.3) is 5.91 Å². The van der Waals surface area contributed by atoms with E-state index < -0.39 is 18.1 Å². The topological polar surface area (TPSA) is 97.4 Å². The molecule has 2 bridgehead atoms. The van der Waals surface area contributed by atoms with Crippen LogP contribution in [-0.2, 0) is 16.2 Å². The van der Waals surface area contributed by atoms with Gasteiger partial charge in [0.1, 0.15) is 6.04 Å². The Morgan fingerprint density at radius 2 is 1.71 bits per heavy atom. The molecule has 9 nitrogen and oxygen atoms in total. The van der Waals surface area contributed by atoms with Crippen molar-refractivity contribution in [1.82, 2.24) is 20.6 Å². The summed E-state index contributed by atoms with van der Waals surface area (Å²) in [4.78, 5) is 38.7. The number of fused-ring (bicyclic) bond motifs is 2. The van der Waals surface area contributed by atoms with Crippen molar-refractivity contribution in [3.05, 3.63) is 53.1 Å². The van der Waals surface area contributed by atoms with E-state index in [2.05, 4.69) is 89.1 Å². The first kappa shape index (κ1) is 40.2. The zero-order chi connectivity index (χ0) is 38.2. The monoisotopic (exact) mass is 718 g/mol. The van der Waals surface area contributed by atoms with Gasteiger partial charge in [0, 0.05) is 64.0 Å². The quantitative estimate of drug-likeness (QED) is 0.209. The van der Waals surface area contributed by atoms with Crippen molar-refractivity contribution in [2.45, 2.75) is 106 Å². The Morgan fingerprint density at radius 1 is 1.04 bits per heavy atom. The molecule has 3 aliphatic carbocycles. The molecule has 4 aliphatic rings. The van der Waals surface area contributed by atoms with Gasteiger partial charge in [-0.3, -0.25) is 14.4 Å². The summed E-state index contributed by atoms with van der Waals surface area (Å²) in [7, 11) is 5.60. The number of aliphatic hydroxyl groups excluding tert-OH is 1. The molecule has 1 saturated heterocycles. The van der Waals surface area contributed by atoms with E-state index in [-0.39, 0.29) is 24.0 Å². The van der Waals surface area contributed by atoms with Crippen LogP contribution in [0.15, 0.2) is 36.4 Å². The number of carbonyl (C=O) groups is 2. The maximum atomic E-state index is 14.6. The molecule has 8 atom stereocenters. The van der Waals surface area contributed by atoms with E-state index in [1.807, 2.05) is 49.2 Å². The summed E-state index contributed by atoms with van der Waals surface area (Å²) in [6, 6.07) is 11.6. The van der Waals surface area contributed by atoms with Crippen LogP contribution in [0.4, 0.5) is 5.69 Å². The van der Waals surface area contributed by atoms with E-state index in [0.29, 0.717) is 53.7 Å². The number of hydrogen-bond donors (Lipinski definition) is 3. The molecule has 288 valence electrons. The standard InChI is InChI=1S/C43H67N5O4/c1-25(2)21-47(22-26(3)4)24-38-39(29(7)49)40(42(51)45-37-20-33-19-36(28(37)6)43(33,8)9)48(52-38)23-30-14-13-15-35(27(30)5)31-16-32(41(50)44-10)18-34(17-31)46(11)12/h13-18,25-26,28-29,33,36-40,49H,19-24H2,1-12H3,(H,44,50)(H,45,51)/t28-,29-,33+,36-,37-,38-,39+,40-/m0/s1. The lowest BCUT2D eigenvalue weighted by molar-refractivity contribution is -0.180. The molecule has 0 radical (unpaired) electrons. The highest BCUT2D eigenvalue weighted by Crippen LogP contribution is 2.61.